The number of nitrogens with zero attached hydrogens (tertiary/aromatic N) is 1. The number of halogens is 2. The second kappa shape index (κ2) is 5.11. The highest BCUT2D eigenvalue weighted by Crippen LogP contribution is 2.22. The van der Waals surface area contributed by atoms with Gasteiger partial charge in [0.15, 0.2) is 11.6 Å². The second-order valence-corrected chi connectivity index (χ2v) is 4.58. The molecule has 0 spiro atoms. The van der Waals surface area contributed by atoms with E-state index >= 15 is 0 Å². The molecule has 0 saturated heterocycles. The molecule has 0 aliphatic rings. The molecule has 0 aliphatic carbocycles. The van der Waals surface area contributed by atoms with E-state index in [4.69, 9.17) is 10.4 Å². The third-order valence-corrected chi connectivity index (χ3v) is 2.39. The summed E-state index contributed by atoms with van der Waals surface area (Å²) < 4.78 is 26.8. The third-order valence-electron chi connectivity index (χ3n) is 2.39. The van der Waals surface area contributed by atoms with Gasteiger partial charge in [0, 0.05) is 18.6 Å². The lowest BCUT2D eigenvalue weighted by atomic mass is 9.95. The SMILES string of the molecule is CC(C)(CO)CNc1ccc(C#N)c(F)c1F. The molecule has 5 heteroatoms. The van der Waals surface area contributed by atoms with E-state index in [2.05, 4.69) is 5.32 Å². The Bertz CT molecular complexity index is 453. The van der Waals surface area contributed by atoms with Gasteiger partial charge in [0.25, 0.3) is 0 Å². The summed E-state index contributed by atoms with van der Waals surface area (Å²) in [6.45, 7) is 3.81. The van der Waals surface area contributed by atoms with Crippen molar-refractivity contribution in [2.75, 3.05) is 18.5 Å². The van der Waals surface area contributed by atoms with E-state index in [1.807, 2.05) is 0 Å². The van der Waals surface area contributed by atoms with Crippen molar-refractivity contribution in [3.8, 4) is 6.07 Å². The highest BCUT2D eigenvalue weighted by molar-refractivity contribution is 5.49. The molecule has 1 rings (SSSR count). The standard InChI is InChI=1S/C12H14F2N2O/c1-12(2,7-17)6-16-9-4-3-8(5-15)10(13)11(9)14/h3-4,16-17H,6-7H2,1-2H3. The van der Waals surface area contributed by atoms with Crippen LogP contribution in [0.3, 0.4) is 0 Å². The maximum Gasteiger partial charge on any atom is 0.183 e. The van der Waals surface area contributed by atoms with Gasteiger partial charge in [0.2, 0.25) is 0 Å². The van der Waals surface area contributed by atoms with Crippen molar-refractivity contribution in [1.29, 1.82) is 5.26 Å². The molecule has 0 heterocycles. The molecular formula is C12H14F2N2O. The number of benzene rings is 1. The summed E-state index contributed by atoms with van der Waals surface area (Å²) in [5.74, 6) is -2.22. The molecule has 1 aromatic carbocycles. The minimum absolute atomic E-state index is 0.0111. The molecule has 1 aromatic rings. The normalized spacial score (nSPS) is 11.1. The fourth-order valence-electron chi connectivity index (χ4n) is 1.16. The van der Waals surface area contributed by atoms with Gasteiger partial charge in [-0.1, -0.05) is 13.8 Å². The largest absolute Gasteiger partial charge is 0.396 e. The molecular weight excluding hydrogens is 226 g/mol. The highest BCUT2D eigenvalue weighted by atomic mass is 19.2. The Hall–Kier alpha value is -1.67. The lowest BCUT2D eigenvalue weighted by Crippen LogP contribution is -2.27. The monoisotopic (exact) mass is 240 g/mol. The maximum atomic E-state index is 13.5. The van der Waals surface area contributed by atoms with E-state index in [-0.39, 0.29) is 17.9 Å². The molecule has 0 fully saturated rings. The maximum absolute atomic E-state index is 13.5. The number of anilines is 1. The molecule has 0 aromatic heterocycles. The molecule has 0 unspecified atom stereocenters. The van der Waals surface area contributed by atoms with Gasteiger partial charge < -0.3 is 10.4 Å². The Morgan fingerprint density at radius 3 is 2.53 bits per heavy atom. The quantitative estimate of drug-likeness (QED) is 0.848. The van der Waals surface area contributed by atoms with Gasteiger partial charge >= 0.3 is 0 Å². The molecule has 0 aliphatic heterocycles. The molecule has 3 nitrogen and oxygen atoms in total. The predicted octanol–water partition coefficient (Wildman–Crippen LogP) is 2.27. The first-order chi connectivity index (χ1) is 7.91. The molecule has 92 valence electrons. The number of hydrogen-bond donors (Lipinski definition) is 2. The van der Waals surface area contributed by atoms with Crippen molar-refractivity contribution in [2.45, 2.75) is 13.8 Å². The summed E-state index contributed by atoms with van der Waals surface area (Å²) in [5.41, 5.74) is -0.769. The van der Waals surface area contributed by atoms with Gasteiger partial charge in [-0.25, -0.2) is 8.78 Å². The molecule has 0 amide bonds. The number of hydrogen-bond acceptors (Lipinski definition) is 3. The smallest absolute Gasteiger partial charge is 0.183 e. The van der Waals surface area contributed by atoms with Crippen molar-refractivity contribution in [2.24, 2.45) is 5.41 Å². The van der Waals surface area contributed by atoms with Crippen LogP contribution in [0, 0.1) is 28.4 Å². The minimum Gasteiger partial charge on any atom is -0.396 e. The zero-order valence-corrected chi connectivity index (χ0v) is 9.72. The van der Waals surface area contributed by atoms with Crippen molar-refractivity contribution in [3.05, 3.63) is 29.3 Å². The third kappa shape index (κ3) is 3.14. The van der Waals surface area contributed by atoms with Crippen LogP contribution in [0.1, 0.15) is 19.4 Å². The van der Waals surface area contributed by atoms with Crippen LogP contribution in [0.4, 0.5) is 14.5 Å². The van der Waals surface area contributed by atoms with E-state index in [0.717, 1.165) is 0 Å². The Kier molecular flexibility index (Phi) is 4.02. The fraction of sp³-hybridized carbons (Fsp3) is 0.417. The molecule has 17 heavy (non-hydrogen) atoms. The average molecular weight is 240 g/mol. The first-order valence-corrected chi connectivity index (χ1v) is 5.14. The van der Waals surface area contributed by atoms with Crippen molar-refractivity contribution in [1.82, 2.24) is 0 Å². The molecule has 0 radical (unpaired) electrons. The summed E-state index contributed by atoms with van der Waals surface area (Å²) in [7, 11) is 0. The summed E-state index contributed by atoms with van der Waals surface area (Å²) in [5, 5.41) is 20.3. The second-order valence-electron chi connectivity index (χ2n) is 4.58. The van der Waals surface area contributed by atoms with Gasteiger partial charge in [0.1, 0.15) is 6.07 Å². The first kappa shape index (κ1) is 13.4. The van der Waals surface area contributed by atoms with Crippen LogP contribution >= 0.6 is 0 Å². The number of nitriles is 1. The van der Waals surface area contributed by atoms with Gasteiger partial charge in [-0.3, -0.25) is 0 Å². The summed E-state index contributed by atoms with van der Waals surface area (Å²) in [6.07, 6.45) is 0. The van der Waals surface area contributed by atoms with Gasteiger partial charge in [-0.2, -0.15) is 5.26 Å². The topological polar surface area (TPSA) is 56.0 Å². The van der Waals surface area contributed by atoms with Gasteiger partial charge in [0.05, 0.1) is 11.3 Å². The molecule has 2 N–H and O–H groups in total. The first-order valence-electron chi connectivity index (χ1n) is 5.14. The number of rotatable bonds is 4. The highest BCUT2D eigenvalue weighted by Gasteiger charge is 2.18. The number of aliphatic hydroxyl groups is 1. The van der Waals surface area contributed by atoms with Crippen LogP contribution in [0.25, 0.3) is 0 Å². The fourth-order valence-corrected chi connectivity index (χ4v) is 1.16. The molecule has 0 bridgehead atoms. The van der Waals surface area contributed by atoms with Crippen LogP contribution in [-0.2, 0) is 0 Å². The van der Waals surface area contributed by atoms with E-state index in [1.54, 1.807) is 19.9 Å². The van der Waals surface area contributed by atoms with Crippen molar-refractivity contribution >= 4 is 5.69 Å². The van der Waals surface area contributed by atoms with Crippen molar-refractivity contribution in [3.63, 3.8) is 0 Å². The van der Waals surface area contributed by atoms with E-state index in [9.17, 15) is 8.78 Å². The zero-order chi connectivity index (χ0) is 13.1. The summed E-state index contributed by atoms with van der Waals surface area (Å²) >= 11 is 0. The summed E-state index contributed by atoms with van der Waals surface area (Å²) in [4.78, 5) is 0. The van der Waals surface area contributed by atoms with Crippen molar-refractivity contribution < 1.29 is 13.9 Å². The molecule has 0 atom stereocenters. The number of nitrogens with one attached hydrogen (secondary N) is 1. The van der Waals surface area contributed by atoms with E-state index in [0.29, 0.717) is 6.54 Å². The zero-order valence-electron chi connectivity index (χ0n) is 9.72. The molecule has 0 saturated carbocycles. The van der Waals surface area contributed by atoms with Gasteiger partial charge in [-0.15, -0.1) is 0 Å². The van der Waals surface area contributed by atoms with Crippen LogP contribution in [-0.4, -0.2) is 18.3 Å². The lowest BCUT2D eigenvalue weighted by Gasteiger charge is -2.22. The van der Waals surface area contributed by atoms with Crippen LogP contribution in [0.2, 0.25) is 0 Å². The minimum atomic E-state index is -1.15. The van der Waals surface area contributed by atoms with Crippen LogP contribution in [0.5, 0.6) is 0 Å². The lowest BCUT2D eigenvalue weighted by molar-refractivity contribution is 0.170. The predicted molar refractivity (Wildman–Crippen MR) is 60.4 cm³/mol. The van der Waals surface area contributed by atoms with Crippen LogP contribution < -0.4 is 5.32 Å². The van der Waals surface area contributed by atoms with E-state index < -0.39 is 17.0 Å². The Morgan fingerprint density at radius 1 is 1.35 bits per heavy atom. The summed E-state index contributed by atoms with van der Waals surface area (Å²) in [6, 6.07) is 4.09. The van der Waals surface area contributed by atoms with Crippen LogP contribution in [0.15, 0.2) is 12.1 Å². The Labute approximate surface area is 98.7 Å². The average Bonchev–Trinajstić information content (AvgIpc) is 2.31. The Balaban J connectivity index is 2.88. The Morgan fingerprint density at radius 2 is 2.00 bits per heavy atom. The number of aliphatic hydroxyl groups excluding tert-OH is 1. The van der Waals surface area contributed by atoms with Gasteiger partial charge in [-0.05, 0) is 12.1 Å². The van der Waals surface area contributed by atoms with E-state index in [1.165, 1.54) is 12.1 Å².